The molecule has 1 spiro atoms. The van der Waals surface area contributed by atoms with Gasteiger partial charge in [0.05, 0.1) is 33.3 Å². The summed E-state index contributed by atoms with van der Waals surface area (Å²) in [4.78, 5) is 70.4. The molecule has 0 aliphatic heterocycles. The normalized spacial score (nSPS) is 21.1. The van der Waals surface area contributed by atoms with Gasteiger partial charge in [-0.1, -0.05) is 24.3 Å². The van der Waals surface area contributed by atoms with Gasteiger partial charge in [-0.2, -0.15) is 0 Å². The molecule has 0 saturated heterocycles. The van der Waals surface area contributed by atoms with Gasteiger partial charge in [0.2, 0.25) is 5.78 Å². The standard InChI is InChI=1S/C32H24N2O8/c1-2-3-4-5-16-11-14-10-13-8-9-32(24(13)28(39)19(14)31(42)34-16)29(40)22-23(30(32)41)27(38)21-20(26(22)37)18(35)12-17(25(21)36)33-15-6-7-15/h2-5,10-12,15,33,37-39H,6-9H2,1H3,(H,34,42)/b3-2+,5-4+/t32-/m0/s1. The number of fused-ring (bicyclic) bond motifs is 5. The zero-order valence-corrected chi connectivity index (χ0v) is 22.3. The number of aromatic amines is 1. The summed E-state index contributed by atoms with van der Waals surface area (Å²) in [5.74, 6) is -5.68. The number of carbonyl (C=O) groups excluding carboxylic acids is 4. The van der Waals surface area contributed by atoms with Gasteiger partial charge < -0.3 is 25.6 Å². The van der Waals surface area contributed by atoms with Gasteiger partial charge in [0.25, 0.3) is 5.56 Å². The number of phenols is 3. The molecular formula is C32H24N2O8. The first-order valence-corrected chi connectivity index (χ1v) is 13.6. The van der Waals surface area contributed by atoms with E-state index in [1.54, 1.807) is 30.4 Å². The molecular weight excluding hydrogens is 540 g/mol. The average Bonchev–Trinajstić information content (AvgIpc) is 3.63. The molecule has 4 aliphatic carbocycles. The minimum absolute atomic E-state index is 0.00224. The zero-order chi connectivity index (χ0) is 29.7. The molecule has 1 heterocycles. The van der Waals surface area contributed by atoms with Crippen molar-refractivity contribution in [1.82, 2.24) is 10.3 Å². The first-order valence-electron chi connectivity index (χ1n) is 13.6. The first kappa shape index (κ1) is 25.7. The van der Waals surface area contributed by atoms with E-state index in [0.29, 0.717) is 16.6 Å². The molecule has 210 valence electrons. The molecule has 0 bridgehead atoms. The predicted octanol–water partition coefficient (Wildman–Crippen LogP) is 3.51. The van der Waals surface area contributed by atoms with E-state index in [2.05, 4.69) is 10.3 Å². The van der Waals surface area contributed by atoms with Gasteiger partial charge in [-0.3, -0.25) is 24.0 Å². The molecule has 1 atom stereocenters. The summed E-state index contributed by atoms with van der Waals surface area (Å²) >= 11 is 0. The molecule has 5 N–H and O–H groups in total. The van der Waals surface area contributed by atoms with Crippen LogP contribution in [0, 0.1) is 0 Å². The highest BCUT2D eigenvalue weighted by Crippen LogP contribution is 2.57. The molecule has 7 rings (SSSR count). The van der Waals surface area contributed by atoms with Gasteiger partial charge in [0.1, 0.15) is 22.7 Å². The van der Waals surface area contributed by atoms with Gasteiger partial charge in [-0.05, 0) is 55.7 Å². The number of aromatic nitrogens is 1. The number of carbonyl (C=O) groups is 4. The maximum atomic E-state index is 14.2. The lowest BCUT2D eigenvalue weighted by Gasteiger charge is -2.22. The molecule has 0 unspecified atom stereocenters. The Morgan fingerprint density at radius 3 is 2.26 bits per heavy atom. The number of Topliss-reactive ketones (excluding diaryl/α,β-unsaturated/α-hetero) is 3. The number of aryl methyl sites for hydroxylation is 1. The van der Waals surface area contributed by atoms with Crippen LogP contribution >= 0.6 is 0 Å². The number of pyridine rings is 1. The molecule has 10 nitrogen and oxygen atoms in total. The summed E-state index contributed by atoms with van der Waals surface area (Å²) in [6.07, 6.45) is 9.72. The third kappa shape index (κ3) is 3.23. The predicted molar refractivity (Wildman–Crippen MR) is 151 cm³/mol. The Kier molecular flexibility index (Phi) is 5.28. The number of phenolic OH excluding ortho intramolecular Hbond substituents is 3. The lowest BCUT2D eigenvalue weighted by molar-refractivity contribution is 0.0790. The van der Waals surface area contributed by atoms with Crippen molar-refractivity contribution in [3.8, 4) is 17.2 Å². The lowest BCUT2D eigenvalue weighted by atomic mass is 9.76. The summed E-state index contributed by atoms with van der Waals surface area (Å²) in [5.41, 5.74) is -4.13. The third-order valence-corrected chi connectivity index (χ3v) is 8.59. The smallest absolute Gasteiger partial charge is 0.260 e. The lowest BCUT2D eigenvalue weighted by Crippen LogP contribution is -2.36. The van der Waals surface area contributed by atoms with Crippen LogP contribution in [0.4, 0.5) is 0 Å². The Morgan fingerprint density at radius 2 is 1.60 bits per heavy atom. The highest BCUT2D eigenvalue weighted by atomic mass is 16.3. The third-order valence-electron chi connectivity index (χ3n) is 8.59. The van der Waals surface area contributed by atoms with Crippen molar-refractivity contribution in [1.29, 1.82) is 0 Å². The molecule has 2 aromatic carbocycles. The Bertz CT molecular complexity index is 2010. The second-order valence-electron chi connectivity index (χ2n) is 11.1. The number of aromatic hydroxyl groups is 3. The zero-order valence-electron chi connectivity index (χ0n) is 22.3. The van der Waals surface area contributed by atoms with E-state index in [4.69, 9.17) is 0 Å². The number of hydrogen-bond donors (Lipinski definition) is 5. The van der Waals surface area contributed by atoms with E-state index in [1.807, 2.05) is 13.0 Å². The Labute approximate surface area is 237 Å². The quantitative estimate of drug-likeness (QED) is 0.180. The molecule has 0 amide bonds. The second-order valence-corrected chi connectivity index (χ2v) is 11.1. The Balaban J connectivity index is 1.41. The Hall–Kier alpha value is -5.25. The summed E-state index contributed by atoms with van der Waals surface area (Å²) in [6.45, 7) is 1.85. The fourth-order valence-electron chi connectivity index (χ4n) is 6.55. The first-order chi connectivity index (χ1) is 20.1. The number of nitrogens with one attached hydrogen (secondary N) is 2. The maximum Gasteiger partial charge on any atom is 0.260 e. The number of H-pyrrole nitrogens is 1. The van der Waals surface area contributed by atoms with Crippen LogP contribution in [0.15, 0.2) is 46.9 Å². The fraction of sp³-hybridized carbons (Fsp3) is 0.219. The van der Waals surface area contributed by atoms with Crippen molar-refractivity contribution >= 4 is 40.0 Å². The number of rotatable bonds is 4. The van der Waals surface area contributed by atoms with Crippen molar-refractivity contribution in [3.63, 3.8) is 0 Å². The molecule has 4 aliphatic rings. The molecule has 42 heavy (non-hydrogen) atoms. The summed E-state index contributed by atoms with van der Waals surface area (Å²) in [6, 6.07) is 3.31. The minimum Gasteiger partial charge on any atom is -0.507 e. The van der Waals surface area contributed by atoms with E-state index in [9.17, 15) is 39.3 Å². The molecule has 1 saturated carbocycles. The summed E-state index contributed by atoms with van der Waals surface area (Å²) in [7, 11) is 0. The average molecular weight is 565 g/mol. The minimum atomic E-state index is -2.06. The van der Waals surface area contributed by atoms with Crippen molar-refractivity contribution in [2.45, 2.75) is 44.1 Å². The van der Waals surface area contributed by atoms with Crippen LogP contribution in [-0.2, 0) is 11.8 Å². The highest BCUT2D eigenvalue weighted by molar-refractivity contribution is 6.39. The van der Waals surface area contributed by atoms with E-state index >= 15 is 0 Å². The largest absolute Gasteiger partial charge is 0.507 e. The Morgan fingerprint density at radius 1 is 0.905 bits per heavy atom. The number of hydrogen-bond acceptors (Lipinski definition) is 9. The van der Waals surface area contributed by atoms with Crippen LogP contribution in [0.3, 0.4) is 0 Å². The monoisotopic (exact) mass is 564 g/mol. The van der Waals surface area contributed by atoms with Crippen LogP contribution in [0.1, 0.15) is 84.4 Å². The van der Waals surface area contributed by atoms with Gasteiger partial charge in [-0.15, -0.1) is 0 Å². The molecule has 10 heteroatoms. The maximum absolute atomic E-state index is 14.2. The molecule has 1 aromatic heterocycles. The van der Waals surface area contributed by atoms with E-state index in [0.717, 1.165) is 18.9 Å². The topological polar surface area (TPSA) is 174 Å². The van der Waals surface area contributed by atoms with Gasteiger partial charge in [-0.25, -0.2) is 0 Å². The van der Waals surface area contributed by atoms with Crippen LogP contribution in [-0.4, -0.2) is 49.5 Å². The van der Waals surface area contributed by atoms with Gasteiger partial charge in [0, 0.05) is 23.4 Å². The van der Waals surface area contributed by atoms with Crippen molar-refractivity contribution in [3.05, 3.63) is 91.6 Å². The number of benzene rings is 2. The van der Waals surface area contributed by atoms with Crippen molar-refractivity contribution in [2.24, 2.45) is 0 Å². The van der Waals surface area contributed by atoms with Crippen LogP contribution in [0.5, 0.6) is 17.2 Å². The van der Waals surface area contributed by atoms with Crippen LogP contribution in [0.2, 0.25) is 0 Å². The van der Waals surface area contributed by atoms with Crippen LogP contribution < -0.4 is 10.9 Å². The fourth-order valence-corrected chi connectivity index (χ4v) is 6.55. The molecule has 0 radical (unpaired) electrons. The van der Waals surface area contributed by atoms with E-state index in [1.165, 1.54) is 0 Å². The van der Waals surface area contributed by atoms with Gasteiger partial charge >= 0.3 is 0 Å². The van der Waals surface area contributed by atoms with Crippen molar-refractivity contribution in [2.75, 3.05) is 0 Å². The molecule has 3 aromatic rings. The highest BCUT2D eigenvalue weighted by Gasteiger charge is 2.61. The SMILES string of the molecule is C/C=C/C=C/c1cc2cc3c(c(O)c2c(=O)[nH]1)[C@@]1(CC3)C(=O)c2c(O)c3c(c(O)c2C1=O)C(=O)C(NC1CC1)=CC3=O. The molecule has 1 fully saturated rings. The summed E-state index contributed by atoms with van der Waals surface area (Å²) in [5, 5.41) is 37.1. The summed E-state index contributed by atoms with van der Waals surface area (Å²) < 4.78 is 0. The van der Waals surface area contributed by atoms with Crippen LogP contribution in [0.25, 0.3) is 16.8 Å². The van der Waals surface area contributed by atoms with E-state index in [-0.39, 0.29) is 35.5 Å². The van der Waals surface area contributed by atoms with E-state index < -0.39 is 73.6 Å². The second kappa shape index (κ2) is 8.62. The van der Waals surface area contributed by atoms with Crippen molar-refractivity contribution < 1.29 is 34.5 Å². The van der Waals surface area contributed by atoms with Gasteiger partial charge in [0.15, 0.2) is 17.3 Å². The number of allylic oxidation sites excluding steroid dienone is 5. The number of ketones is 4.